The maximum absolute atomic E-state index is 2.19. The minimum atomic E-state index is 0.922. The van der Waals surface area contributed by atoms with Crippen molar-refractivity contribution < 1.29 is 26.1 Å². The van der Waals surface area contributed by atoms with Crippen LogP contribution in [-0.2, 0) is 30.1 Å². The quantitative estimate of drug-likeness (QED) is 0.692. The van der Waals surface area contributed by atoms with E-state index in [1.807, 2.05) is 0 Å². The molecule has 0 heterocycles. The Bertz CT molecular complexity index is 146. The van der Waals surface area contributed by atoms with E-state index in [1.54, 1.807) is 0 Å². The third-order valence-electron chi connectivity index (χ3n) is 1.13. The molecule has 0 aliphatic heterocycles. The average Bonchev–Trinajstić information content (AvgIpc) is 1.90. The standard InChI is InChI=1S/C7H7.Hg/c1-7-5-3-2-4-6-7;/h2-6H,1H2;/q;+1. The van der Waals surface area contributed by atoms with Crippen LogP contribution in [0, 0.1) is 0 Å². The van der Waals surface area contributed by atoms with Crippen molar-refractivity contribution in [3.63, 3.8) is 0 Å². The van der Waals surface area contributed by atoms with Crippen molar-refractivity contribution in [2.24, 2.45) is 0 Å². The molecule has 0 spiro atoms. The van der Waals surface area contributed by atoms with Crippen molar-refractivity contribution >= 4 is 0 Å². The molecule has 0 unspecified atom stereocenters. The molecule has 0 saturated heterocycles. The van der Waals surface area contributed by atoms with E-state index in [4.69, 9.17) is 0 Å². The summed E-state index contributed by atoms with van der Waals surface area (Å²) < 4.78 is 1.33. The van der Waals surface area contributed by atoms with E-state index in [2.05, 4.69) is 30.3 Å². The van der Waals surface area contributed by atoms with Crippen molar-refractivity contribution in [3.05, 3.63) is 35.9 Å². The van der Waals surface area contributed by atoms with E-state index < -0.39 is 0 Å². The zero-order valence-corrected chi connectivity index (χ0v) is 10.3. The van der Waals surface area contributed by atoms with Crippen LogP contribution in [0.3, 0.4) is 0 Å². The first-order chi connectivity index (χ1) is 3.93. The van der Waals surface area contributed by atoms with Gasteiger partial charge in [-0.05, 0) is 0 Å². The van der Waals surface area contributed by atoms with Crippen molar-refractivity contribution in [2.75, 3.05) is 0 Å². The Balaban J connectivity index is 2.83. The van der Waals surface area contributed by atoms with E-state index in [0.29, 0.717) is 0 Å². The molecule has 0 radical (unpaired) electrons. The number of hydrogen-bond acceptors (Lipinski definition) is 0. The third-order valence-corrected chi connectivity index (χ3v) is 3.38. The molecule has 0 nitrogen and oxygen atoms in total. The fraction of sp³-hybridized carbons (Fsp3) is 0.143. The molecule has 0 aliphatic rings. The Labute approximate surface area is 65.9 Å². The van der Waals surface area contributed by atoms with Gasteiger partial charge in [-0.25, -0.2) is 0 Å². The summed E-state index contributed by atoms with van der Waals surface area (Å²) in [5, 5.41) is 0. The molecule has 8 heavy (non-hydrogen) atoms. The van der Waals surface area contributed by atoms with Crippen LogP contribution in [0.15, 0.2) is 30.3 Å². The summed E-state index contributed by atoms with van der Waals surface area (Å²) in [6.07, 6.45) is 0. The molecule has 0 fully saturated rings. The van der Waals surface area contributed by atoms with Crippen LogP contribution in [-0.4, -0.2) is 0 Å². The van der Waals surface area contributed by atoms with Gasteiger partial charge in [-0.3, -0.25) is 0 Å². The molecule has 0 bridgehead atoms. The van der Waals surface area contributed by atoms with Crippen LogP contribution in [0.2, 0.25) is 0 Å². The fourth-order valence-corrected chi connectivity index (χ4v) is 1.94. The van der Waals surface area contributed by atoms with E-state index in [-0.39, 0.29) is 0 Å². The molecule has 0 atom stereocenters. The van der Waals surface area contributed by atoms with Crippen LogP contribution in [0.1, 0.15) is 5.56 Å². The first-order valence-electron chi connectivity index (χ1n) is 2.76. The first kappa shape index (κ1) is 6.28. The summed E-state index contributed by atoms with van der Waals surface area (Å²) in [5.74, 6) is 0. The first-order valence-corrected chi connectivity index (χ1v) is 6.65. The monoisotopic (exact) mass is 293 g/mol. The van der Waals surface area contributed by atoms with Gasteiger partial charge >= 0.3 is 65.9 Å². The van der Waals surface area contributed by atoms with Gasteiger partial charge in [0.25, 0.3) is 0 Å². The van der Waals surface area contributed by atoms with Gasteiger partial charge in [0.1, 0.15) is 0 Å². The Hall–Kier alpha value is 0.155. The normalized spacial score (nSPS) is 9.25. The van der Waals surface area contributed by atoms with Crippen molar-refractivity contribution in [3.8, 4) is 0 Å². The van der Waals surface area contributed by atoms with Crippen LogP contribution in [0.4, 0.5) is 0 Å². The van der Waals surface area contributed by atoms with Crippen LogP contribution < -0.4 is 0 Å². The summed E-state index contributed by atoms with van der Waals surface area (Å²) in [6, 6.07) is 10.6. The van der Waals surface area contributed by atoms with Crippen LogP contribution in [0.5, 0.6) is 0 Å². The second-order valence-corrected chi connectivity index (χ2v) is 3.68. The molecular formula is C7H7Hg+. The average molecular weight is 292 g/mol. The van der Waals surface area contributed by atoms with E-state index >= 15 is 0 Å². The summed E-state index contributed by atoms with van der Waals surface area (Å²) in [4.78, 5) is 0. The molecule has 1 aromatic rings. The SMILES string of the molecule is [Hg+][CH2]c1ccccc1. The summed E-state index contributed by atoms with van der Waals surface area (Å²) in [5.41, 5.74) is 1.50. The van der Waals surface area contributed by atoms with Gasteiger partial charge in [0.15, 0.2) is 0 Å². The molecule has 36 valence electrons. The van der Waals surface area contributed by atoms with E-state index in [0.717, 1.165) is 26.1 Å². The van der Waals surface area contributed by atoms with Gasteiger partial charge in [0.2, 0.25) is 0 Å². The summed E-state index contributed by atoms with van der Waals surface area (Å²) in [6.45, 7) is 0. The van der Waals surface area contributed by atoms with Crippen LogP contribution >= 0.6 is 0 Å². The number of benzene rings is 1. The predicted molar refractivity (Wildman–Crippen MR) is 30.1 cm³/mol. The maximum atomic E-state index is 2.19. The van der Waals surface area contributed by atoms with Gasteiger partial charge in [0, 0.05) is 0 Å². The Morgan fingerprint density at radius 3 is 2.12 bits per heavy atom. The van der Waals surface area contributed by atoms with Crippen LogP contribution in [0.25, 0.3) is 0 Å². The second kappa shape index (κ2) is 3.23. The summed E-state index contributed by atoms with van der Waals surface area (Å²) in [7, 11) is 0. The van der Waals surface area contributed by atoms with E-state index in [1.165, 1.54) is 9.49 Å². The van der Waals surface area contributed by atoms with Crippen molar-refractivity contribution in [2.45, 2.75) is 3.93 Å². The van der Waals surface area contributed by atoms with Crippen molar-refractivity contribution in [1.82, 2.24) is 0 Å². The van der Waals surface area contributed by atoms with E-state index in [9.17, 15) is 0 Å². The minimum absolute atomic E-state index is 0.922. The number of hydrogen-bond donors (Lipinski definition) is 0. The Morgan fingerprint density at radius 2 is 1.75 bits per heavy atom. The Morgan fingerprint density at radius 1 is 1.12 bits per heavy atom. The molecule has 0 amide bonds. The van der Waals surface area contributed by atoms with Gasteiger partial charge in [0.05, 0.1) is 0 Å². The van der Waals surface area contributed by atoms with Gasteiger partial charge < -0.3 is 0 Å². The Kier molecular flexibility index (Phi) is 2.54. The number of rotatable bonds is 1. The molecule has 1 rings (SSSR count). The van der Waals surface area contributed by atoms with Gasteiger partial charge in [-0.2, -0.15) is 0 Å². The fourth-order valence-electron chi connectivity index (χ4n) is 0.645. The van der Waals surface area contributed by atoms with Gasteiger partial charge in [-0.1, -0.05) is 0 Å². The molecule has 0 saturated carbocycles. The molecule has 0 aliphatic carbocycles. The zero-order valence-electron chi connectivity index (χ0n) is 4.80. The molecular weight excluding hydrogens is 285 g/mol. The second-order valence-electron chi connectivity index (χ2n) is 1.74. The predicted octanol–water partition coefficient (Wildman–Crippen LogP) is 1.73. The zero-order chi connectivity index (χ0) is 5.82. The van der Waals surface area contributed by atoms with Crippen molar-refractivity contribution in [1.29, 1.82) is 0 Å². The topological polar surface area (TPSA) is 0 Å². The molecule has 0 aromatic heterocycles. The summed E-state index contributed by atoms with van der Waals surface area (Å²) >= 11 is 0.922. The van der Waals surface area contributed by atoms with Gasteiger partial charge in [-0.15, -0.1) is 0 Å². The molecule has 1 aromatic carbocycles. The third kappa shape index (κ3) is 1.59. The molecule has 1 heteroatoms. The molecule has 0 N–H and O–H groups in total.